The van der Waals surface area contributed by atoms with Crippen LogP contribution in [0.3, 0.4) is 0 Å². The number of carbonyl (C=O) groups is 3. The van der Waals surface area contributed by atoms with Crippen molar-refractivity contribution in [2.45, 2.75) is 116 Å². The smallest absolute Gasteiger partial charge is 0.326 e. The molecular weight excluding hydrogens is 522 g/mol. The molecule has 0 aliphatic heterocycles. The van der Waals surface area contributed by atoms with Crippen LogP contribution in [0.2, 0.25) is 0 Å². The number of oxime groups is 1. The fourth-order valence-electron chi connectivity index (χ4n) is 8.38. The van der Waals surface area contributed by atoms with Crippen LogP contribution < -0.4 is 10.6 Å². The van der Waals surface area contributed by atoms with Crippen molar-refractivity contribution in [2.75, 3.05) is 6.61 Å². The Morgan fingerprint density at radius 2 is 1.88 bits per heavy atom. The summed E-state index contributed by atoms with van der Waals surface area (Å²) in [5.41, 5.74) is 1.10. The van der Waals surface area contributed by atoms with Crippen LogP contribution in [0.25, 0.3) is 0 Å². The summed E-state index contributed by atoms with van der Waals surface area (Å²) in [5, 5.41) is 29.8. The van der Waals surface area contributed by atoms with Gasteiger partial charge in [-0.15, -0.1) is 6.42 Å². The van der Waals surface area contributed by atoms with E-state index in [0.717, 1.165) is 57.1 Å². The molecule has 0 aromatic heterocycles. The molecule has 2 amide bonds. The van der Waals surface area contributed by atoms with Crippen molar-refractivity contribution in [1.82, 2.24) is 10.6 Å². The number of allylic oxidation sites excluding steroid dienone is 2. The SMILES string of the molecule is C#C[C@@]1(O)CC[C@H]2[C@@H]3CCC4=C/C(=N/OCC(=O)N[C@H](C)C(=O)N[C@H](CCCC)C(=O)O)CC[C@]4(C)[C@H]3CC[C@@]21C. The molecule has 4 aliphatic carbocycles. The molecule has 9 nitrogen and oxygen atoms in total. The highest BCUT2D eigenvalue weighted by atomic mass is 16.6. The first-order chi connectivity index (χ1) is 19.4. The number of amides is 2. The molecule has 226 valence electrons. The molecule has 0 saturated heterocycles. The Morgan fingerprint density at radius 3 is 2.56 bits per heavy atom. The minimum absolute atomic E-state index is 0.0885. The Morgan fingerprint density at radius 1 is 1.15 bits per heavy atom. The van der Waals surface area contributed by atoms with E-state index in [1.165, 1.54) is 12.5 Å². The second-order valence-electron chi connectivity index (χ2n) is 13.2. The number of hydrogen-bond acceptors (Lipinski definition) is 6. The van der Waals surface area contributed by atoms with Crippen molar-refractivity contribution >= 4 is 23.5 Å². The van der Waals surface area contributed by atoms with E-state index in [1.54, 1.807) is 0 Å². The predicted molar refractivity (Wildman–Crippen MR) is 156 cm³/mol. The third-order valence-corrected chi connectivity index (χ3v) is 11.0. The second kappa shape index (κ2) is 12.2. The highest BCUT2D eigenvalue weighted by Crippen LogP contribution is 2.67. The number of nitrogens with one attached hydrogen (secondary N) is 2. The lowest BCUT2D eigenvalue weighted by Gasteiger charge is -2.58. The summed E-state index contributed by atoms with van der Waals surface area (Å²) < 4.78 is 0. The molecule has 3 fully saturated rings. The Labute approximate surface area is 243 Å². The summed E-state index contributed by atoms with van der Waals surface area (Å²) in [4.78, 5) is 41.5. The predicted octanol–water partition coefficient (Wildman–Crippen LogP) is 3.95. The molecule has 0 aromatic carbocycles. The zero-order chi connectivity index (χ0) is 30.0. The molecule has 0 unspecified atom stereocenters. The molecular formula is C32H47N3O6. The van der Waals surface area contributed by atoms with Gasteiger partial charge >= 0.3 is 5.97 Å². The topological polar surface area (TPSA) is 137 Å². The lowest BCUT2D eigenvalue weighted by molar-refractivity contribution is -0.142. The van der Waals surface area contributed by atoms with E-state index in [-0.39, 0.29) is 17.4 Å². The molecule has 0 aromatic rings. The van der Waals surface area contributed by atoms with Crippen LogP contribution in [0.5, 0.6) is 0 Å². The number of aliphatic carboxylic acids is 1. The Bertz CT molecular complexity index is 1140. The maximum atomic E-state index is 12.4. The molecule has 4 rings (SSSR count). The number of carbonyl (C=O) groups excluding carboxylic acids is 2. The van der Waals surface area contributed by atoms with Crippen LogP contribution >= 0.6 is 0 Å². The fraction of sp³-hybridized carbons (Fsp3) is 0.750. The van der Waals surface area contributed by atoms with Crippen molar-refractivity contribution in [3.8, 4) is 12.3 Å². The van der Waals surface area contributed by atoms with E-state index in [2.05, 4.69) is 41.6 Å². The van der Waals surface area contributed by atoms with E-state index < -0.39 is 35.5 Å². The number of hydrogen-bond donors (Lipinski definition) is 4. The number of carboxylic acids is 1. The standard InChI is InChI=1S/C32H47N3O6/c1-6-8-9-26(29(38)39)34-28(37)20(3)33-27(36)19-41-35-22-12-15-30(4)21(18-22)10-11-23-24(30)13-16-31(5)25(23)14-17-32(31,40)7-2/h2,18,20,23-26,40H,6,8-17,19H2,1,3-5H3,(H,33,36)(H,34,37)(H,38,39)/b35-22+/t20-,23-,24+,25+,26-,30+,31+,32-/m1/s1. The molecule has 0 bridgehead atoms. The molecule has 4 N–H and O–H groups in total. The largest absolute Gasteiger partial charge is 0.480 e. The van der Waals surface area contributed by atoms with Gasteiger partial charge in [0.2, 0.25) is 5.91 Å². The molecule has 0 heterocycles. The van der Waals surface area contributed by atoms with Crippen LogP contribution in [0, 0.1) is 40.9 Å². The van der Waals surface area contributed by atoms with E-state index >= 15 is 0 Å². The maximum Gasteiger partial charge on any atom is 0.326 e. The number of rotatable bonds is 10. The molecule has 9 heteroatoms. The van der Waals surface area contributed by atoms with Gasteiger partial charge in [-0.2, -0.15) is 0 Å². The van der Waals surface area contributed by atoms with Gasteiger partial charge in [-0.3, -0.25) is 9.59 Å². The van der Waals surface area contributed by atoms with Gasteiger partial charge in [-0.25, -0.2) is 4.79 Å². The summed E-state index contributed by atoms with van der Waals surface area (Å²) in [6.45, 7) is 7.72. The molecule has 0 spiro atoms. The highest BCUT2D eigenvalue weighted by molar-refractivity contribution is 5.96. The van der Waals surface area contributed by atoms with Crippen LogP contribution in [0.4, 0.5) is 0 Å². The van der Waals surface area contributed by atoms with Gasteiger partial charge in [0, 0.05) is 5.41 Å². The van der Waals surface area contributed by atoms with Gasteiger partial charge < -0.3 is 25.7 Å². The number of nitrogens with zero attached hydrogens (tertiary/aromatic N) is 1. The Hall–Kier alpha value is -2.86. The van der Waals surface area contributed by atoms with E-state index in [0.29, 0.717) is 37.0 Å². The summed E-state index contributed by atoms with van der Waals surface area (Å²) in [6.07, 6.45) is 17.3. The first-order valence-electron chi connectivity index (χ1n) is 15.3. The number of fused-ring (bicyclic) bond motifs is 5. The Balaban J connectivity index is 1.31. The van der Waals surface area contributed by atoms with Crippen molar-refractivity contribution in [3.63, 3.8) is 0 Å². The third-order valence-electron chi connectivity index (χ3n) is 11.0. The summed E-state index contributed by atoms with van der Waals surface area (Å²) >= 11 is 0. The number of terminal acetylenes is 1. The molecule has 8 atom stereocenters. The van der Waals surface area contributed by atoms with E-state index in [4.69, 9.17) is 11.3 Å². The van der Waals surface area contributed by atoms with Gasteiger partial charge in [0.1, 0.15) is 17.7 Å². The van der Waals surface area contributed by atoms with Crippen molar-refractivity contribution in [2.24, 2.45) is 33.7 Å². The second-order valence-corrected chi connectivity index (χ2v) is 13.2. The van der Waals surface area contributed by atoms with Crippen LogP contribution in [-0.2, 0) is 19.2 Å². The lowest BCUT2D eigenvalue weighted by atomic mass is 9.46. The van der Waals surface area contributed by atoms with Gasteiger partial charge in [-0.1, -0.05) is 50.3 Å². The molecule has 41 heavy (non-hydrogen) atoms. The van der Waals surface area contributed by atoms with Crippen molar-refractivity contribution < 1.29 is 29.4 Å². The normalized spacial score (nSPS) is 36.4. The van der Waals surface area contributed by atoms with E-state index in [1.807, 2.05) is 6.92 Å². The zero-order valence-corrected chi connectivity index (χ0v) is 25.0. The average Bonchev–Trinajstić information content (AvgIpc) is 3.21. The molecule has 4 aliphatic rings. The maximum absolute atomic E-state index is 12.4. The number of aliphatic hydroxyl groups is 1. The van der Waals surface area contributed by atoms with Gasteiger partial charge in [0.05, 0.1) is 5.71 Å². The first-order valence-corrected chi connectivity index (χ1v) is 15.3. The number of unbranched alkanes of at least 4 members (excludes halogenated alkanes) is 1. The monoisotopic (exact) mass is 569 g/mol. The quantitative estimate of drug-likeness (QED) is 0.232. The van der Waals surface area contributed by atoms with Gasteiger partial charge in [-0.05, 0) is 94.0 Å². The number of carboxylic acid groups (broad SMARTS) is 1. The summed E-state index contributed by atoms with van der Waals surface area (Å²) in [7, 11) is 0. The van der Waals surface area contributed by atoms with Gasteiger partial charge in [0.25, 0.3) is 5.91 Å². The minimum Gasteiger partial charge on any atom is -0.480 e. The first kappa shape index (κ1) is 31.1. The molecule has 3 saturated carbocycles. The lowest BCUT2D eigenvalue weighted by Crippen LogP contribution is -2.54. The molecule has 0 radical (unpaired) electrons. The minimum atomic E-state index is -1.09. The summed E-state index contributed by atoms with van der Waals surface area (Å²) in [5.74, 6) is 2.19. The van der Waals surface area contributed by atoms with Gasteiger partial charge in [0.15, 0.2) is 6.61 Å². The summed E-state index contributed by atoms with van der Waals surface area (Å²) in [6, 6.07) is -1.88. The zero-order valence-electron chi connectivity index (χ0n) is 25.0. The van der Waals surface area contributed by atoms with Crippen molar-refractivity contribution in [3.05, 3.63) is 11.6 Å². The third kappa shape index (κ3) is 5.90. The van der Waals surface area contributed by atoms with Crippen LogP contribution in [-0.4, -0.2) is 58.0 Å². The van der Waals surface area contributed by atoms with Crippen LogP contribution in [0.1, 0.15) is 98.3 Å². The fourth-order valence-corrected chi connectivity index (χ4v) is 8.38. The van der Waals surface area contributed by atoms with Crippen molar-refractivity contribution in [1.29, 1.82) is 0 Å². The highest BCUT2D eigenvalue weighted by Gasteiger charge is 2.63. The van der Waals surface area contributed by atoms with E-state index in [9.17, 15) is 24.6 Å². The average molecular weight is 570 g/mol. The van der Waals surface area contributed by atoms with Crippen LogP contribution in [0.15, 0.2) is 16.8 Å². The Kier molecular flexibility index (Phi) is 9.22.